The quantitative estimate of drug-likeness (QED) is 0.645. The highest BCUT2D eigenvalue weighted by atomic mass is 31.2. The molecule has 2 aromatic carbocycles. The molecule has 0 radical (unpaired) electrons. The zero-order valence-electron chi connectivity index (χ0n) is 16.4. The Hall–Kier alpha value is -1.66. The Morgan fingerprint density at radius 1 is 0.960 bits per heavy atom. The van der Waals surface area contributed by atoms with Gasteiger partial charge in [0.1, 0.15) is 0 Å². The predicted octanol–water partition coefficient (Wildman–Crippen LogP) is 5.84. The van der Waals surface area contributed by atoms with Crippen molar-refractivity contribution in [3.8, 4) is 0 Å². The molecule has 0 saturated heterocycles. The van der Waals surface area contributed by atoms with Gasteiger partial charge >= 0.3 is 0 Å². The summed E-state index contributed by atoms with van der Waals surface area (Å²) in [7, 11) is -3.21. The highest BCUT2D eigenvalue weighted by molar-refractivity contribution is 7.88. The van der Waals surface area contributed by atoms with Gasteiger partial charge in [0, 0.05) is 16.5 Å². The van der Waals surface area contributed by atoms with Crippen LogP contribution >= 0.6 is 7.14 Å². The van der Waals surface area contributed by atoms with Crippen molar-refractivity contribution >= 4 is 18.0 Å². The molecule has 0 saturated carbocycles. The van der Waals surface area contributed by atoms with Gasteiger partial charge in [0.2, 0.25) is 5.52 Å². The molecule has 0 aliphatic heterocycles. The van der Waals surface area contributed by atoms with E-state index < -0.39 is 7.14 Å². The molecular weight excluding hydrogens is 327 g/mol. The van der Waals surface area contributed by atoms with Gasteiger partial charge in [-0.15, -0.1) is 0 Å². The first-order valence-electron chi connectivity index (χ1n) is 8.81. The summed E-state index contributed by atoms with van der Waals surface area (Å²) in [6.07, 6.45) is 0. The minimum atomic E-state index is -3.21. The van der Waals surface area contributed by atoms with Crippen LogP contribution in [-0.4, -0.2) is 11.2 Å². The van der Waals surface area contributed by atoms with E-state index in [4.69, 9.17) is 0 Å². The third-order valence-corrected chi connectivity index (χ3v) is 8.13. The van der Waals surface area contributed by atoms with Crippen molar-refractivity contribution in [1.82, 2.24) is 0 Å². The molecule has 0 aliphatic carbocycles. The largest absolute Gasteiger partial charge is 0.310 e. The van der Waals surface area contributed by atoms with E-state index in [0.717, 1.165) is 11.1 Å². The molecule has 0 heterocycles. The fraction of sp³-hybridized carbons (Fsp3) is 0.409. The molecule has 0 bridgehead atoms. The normalized spacial score (nSPS) is 14.4. The van der Waals surface area contributed by atoms with Gasteiger partial charge in [0.15, 0.2) is 7.14 Å². The molecule has 0 N–H and O–H groups in total. The molecule has 25 heavy (non-hydrogen) atoms. The van der Waals surface area contributed by atoms with E-state index in [0.29, 0.717) is 10.9 Å². The maximum Gasteiger partial charge on any atom is 0.226 e. The standard InChI is InChI=1S/C22H29O2P/c1-15(2)25(24,19-11-9-8-10-12-19)21(23)20-16(3)13-18(14-17(20)4)22(5,6)7/h8-15H,1-7H3. The van der Waals surface area contributed by atoms with Gasteiger partial charge in [-0.3, -0.25) is 4.79 Å². The van der Waals surface area contributed by atoms with E-state index in [1.165, 1.54) is 5.56 Å². The number of rotatable bonds is 4. The maximum atomic E-state index is 13.9. The van der Waals surface area contributed by atoms with Crippen molar-refractivity contribution in [3.63, 3.8) is 0 Å². The van der Waals surface area contributed by atoms with Crippen molar-refractivity contribution < 1.29 is 9.36 Å². The molecule has 1 atom stereocenters. The average Bonchev–Trinajstić information content (AvgIpc) is 2.52. The highest BCUT2D eigenvalue weighted by Gasteiger charge is 2.39. The second-order valence-corrected chi connectivity index (χ2v) is 11.4. The number of hydrogen-bond acceptors (Lipinski definition) is 2. The Morgan fingerprint density at radius 2 is 1.44 bits per heavy atom. The Labute approximate surface area is 152 Å². The van der Waals surface area contributed by atoms with Crippen LogP contribution in [0.2, 0.25) is 0 Å². The fourth-order valence-electron chi connectivity index (χ4n) is 3.20. The molecule has 0 spiro atoms. The summed E-state index contributed by atoms with van der Waals surface area (Å²) in [6.45, 7) is 14.1. The Balaban J connectivity index is 2.65. The Kier molecular flexibility index (Phi) is 5.44. The van der Waals surface area contributed by atoms with Crippen molar-refractivity contribution in [1.29, 1.82) is 0 Å². The van der Waals surface area contributed by atoms with E-state index in [9.17, 15) is 9.36 Å². The average molecular weight is 356 g/mol. The molecule has 2 aromatic rings. The number of carbonyl (C=O) groups excluding carboxylic acids is 1. The molecule has 0 fully saturated rings. The third-order valence-electron chi connectivity index (χ3n) is 4.78. The van der Waals surface area contributed by atoms with Gasteiger partial charge in [-0.05, 0) is 36.0 Å². The summed E-state index contributed by atoms with van der Waals surface area (Å²) in [5.41, 5.74) is 3.19. The molecule has 3 heteroatoms. The van der Waals surface area contributed by atoms with Crippen LogP contribution in [0.5, 0.6) is 0 Å². The lowest BCUT2D eigenvalue weighted by molar-refractivity contribution is 0.107. The zero-order chi connectivity index (χ0) is 19.0. The monoisotopic (exact) mass is 356 g/mol. The molecule has 0 aliphatic rings. The lowest BCUT2D eigenvalue weighted by Gasteiger charge is -2.25. The summed E-state index contributed by atoms with van der Waals surface area (Å²) < 4.78 is 13.9. The van der Waals surface area contributed by atoms with E-state index in [1.54, 1.807) is 0 Å². The minimum Gasteiger partial charge on any atom is -0.310 e. The molecule has 2 nitrogen and oxygen atoms in total. The predicted molar refractivity (Wildman–Crippen MR) is 108 cm³/mol. The first-order valence-corrected chi connectivity index (χ1v) is 10.6. The number of carbonyl (C=O) groups is 1. The van der Waals surface area contributed by atoms with Crippen molar-refractivity contribution in [2.75, 3.05) is 0 Å². The van der Waals surface area contributed by atoms with Crippen LogP contribution in [0, 0.1) is 13.8 Å². The lowest BCUT2D eigenvalue weighted by Crippen LogP contribution is -2.22. The molecule has 134 valence electrons. The molecule has 0 amide bonds. The lowest BCUT2D eigenvalue weighted by atomic mass is 9.84. The Bertz CT molecular complexity index is 804. The summed E-state index contributed by atoms with van der Waals surface area (Å²) in [5, 5.41) is 0.647. The first-order chi connectivity index (χ1) is 11.5. The summed E-state index contributed by atoms with van der Waals surface area (Å²) in [5.74, 6) is 0. The summed E-state index contributed by atoms with van der Waals surface area (Å²) in [4.78, 5) is 13.4. The van der Waals surface area contributed by atoms with Crippen LogP contribution < -0.4 is 5.30 Å². The van der Waals surface area contributed by atoms with Gasteiger partial charge in [-0.2, -0.15) is 0 Å². The van der Waals surface area contributed by atoms with Crippen molar-refractivity contribution in [3.05, 3.63) is 64.7 Å². The number of benzene rings is 2. The van der Waals surface area contributed by atoms with Crippen LogP contribution in [0.4, 0.5) is 0 Å². The van der Waals surface area contributed by atoms with E-state index in [2.05, 4.69) is 32.9 Å². The smallest absolute Gasteiger partial charge is 0.226 e. The zero-order valence-corrected chi connectivity index (χ0v) is 17.3. The van der Waals surface area contributed by atoms with Gasteiger partial charge in [-0.1, -0.05) is 77.1 Å². The summed E-state index contributed by atoms with van der Waals surface area (Å²) >= 11 is 0. The van der Waals surface area contributed by atoms with Crippen molar-refractivity contribution in [2.45, 2.75) is 59.5 Å². The van der Waals surface area contributed by atoms with Crippen LogP contribution in [0.1, 0.15) is 61.7 Å². The second kappa shape index (κ2) is 6.92. The van der Waals surface area contributed by atoms with E-state index >= 15 is 0 Å². The first kappa shape index (κ1) is 19.7. The van der Waals surface area contributed by atoms with Gasteiger partial charge in [0.25, 0.3) is 0 Å². The van der Waals surface area contributed by atoms with Gasteiger partial charge in [-0.25, -0.2) is 0 Å². The SMILES string of the molecule is Cc1cc(C(C)(C)C)cc(C)c1C(=O)P(=O)(c1ccccc1)C(C)C. The highest BCUT2D eigenvalue weighted by Crippen LogP contribution is 2.53. The van der Waals surface area contributed by atoms with Gasteiger partial charge < -0.3 is 4.57 Å². The van der Waals surface area contributed by atoms with Crippen LogP contribution in [0.25, 0.3) is 0 Å². The topological polar surface area (TPSA) is 34.1 Å². The molecular formula is C22H29O2P. The maximum absolute atomic E-state index is 13.9. The van der Waals surface area contributed by atoms with Crippen LogP contribution in [-0.2, 0) is 9.98 Å². The van der Waals surface area contributed by atoms with Gasteiger partial charge in [0.05, 0.1) is 0 Å². The van der Waals surface area contributed by atoms with Crippen LogP contribution in [0.3, 0.4) is 0 Å². The second-order valence-electron chi connectivity index (χ2n) is 8.13. The fourth-order valence-corrected chi connectivity index (χ4v) is 5.80. The van der Waals surface area contributed by atoms with E-state index in [-0.39, 0.29) is 16.6 Å². The minimum absolute atomic E-state index is 0.0122. The molecule has 2 rings (SSSR count). The number of aryl methyl sites for hydroxylation is 2. The molecule has 1 unspecified atom stereocenters. The molecule has 0 aromatic heterocycles. The third kappa shape index (κ3) is 3.65. The number of hydrogen-bond donors (Lipinski definition) is 0. The van der Waals surface area contributed by atoms with Crippen molar-refractivity contribution in [2.24, 2.45) is 0 Å². The van der Waals surface area contributed by atoms with Crippen LogP contribution in [0.15, 0.2) is 42.5 Å². The summed E-state index contributed by atoms with van der Waals surface area (Å²) in [6, 6.07) is 13.3. The Morgan fingerprint density at radius 3 is 1.84 bits per heavy atom. The van der Waals surface area contributed by atoms with E-state index in [1.807, 2.05) is 58.0 Å².